The van der Waals surface area contributed by atoms with Gasteiger partial charge in [-0.15, -0.1) is 0 Å². The van der Waals surface area contributed by atoms with Crippen LogP contribution in [0.1, 0.15) is 113 Å². The van der Waals surface area contributed by atoms with Crippen molar-refractivity contribution in [3.63, 3.8) is 0 Å². The Labute approximate surface area is 397 Å². The molecule has 328 valence electrons. The zero-order chi connectivity index (χ0) is 44.8. The highest BCUT2D eigenvalue weighted by Crippen LogP contribution is 2.62. The third kappa shape index (κ3) is 5.67. The number of aryl methyl sites for hydroxylation is 4. The van der Waals surface area contributed by atoms with Gasteiger partial charge >= 0.3 is 0 Å². The van der Waals surface area contributed by atoms with E-state index in [4.69, 9.17) is 0 Å². The maximum absolute atomic E-state index is 2.61. The van der Waals surface area contributed by atoms with Crippen molar-refractivity contribution in [1.29, 1.82) is 0 Å². The van der Waals surface area contributed by atoms with Crippen LogP contribution in [0.2, 0.25) is 0 Å². The average Bonchev–Trinajstić information content (AvgIpc) is 3.69. The van der Waals surface area contributed by atoms with E-state index in [1.165, 1.54) is 138 Å². The van der Waals surface area contributed by atoms with Gasteiger partial charge in [-0.2, -0.15) is 0 Å². The summed E-state index contributed by atoms with van der Waals surface area (Å²) < 4.78 is 0. The Kier molecular flexibility index (Phi) is 8.61. The van der Waals surface area contributed by atoms with E-state index in [-0.39, 0.29) is 5.41 Å². The molecular formula is C66H59N. The molecule has 4 fully saturated rings. The SMILES string of the molecule is Cc1cc(-c2ccc(C3C4CC5CC(C4)CC3C5)cc2)cc(C)c1N(c1ccc2c(c1)C(C)(C)c1ccccc1-2)c1ccc2c(c1)C1(c3ccccc3CCc3ccccc31)c1ccccc1-2. The Hall–Kier alpha value is -6.44. The smallest absolute Gasteiger partial charge is 0.0719 e. The minimum Gasteiger partial charge on any atom is -0.310 e. The van der Waals surface area contributed by atoms with Gasteiger partial charge in [0.15, 0.2) is 0 Å². The van der Waals surface area contributed by atoms with Gasteiger partial charge in [0, 0.05) is 16.8 Å². The van der Waals surface area contributed by atoms with Crippen molar-refractivity contribution >= 4 is 17.1 Å². The van der Waals surface area contributed by atoms with Crippen LogP contribution in [0.25, 0.3) is 33.4 Å². The first-order valence-electron chi connectivity index (χ1n) is 25.4. The highest BCUT2D eigenvalue weighted by atomic mass is 15.1. The lowest BCUT2D eigenvalue weighted by molar-refractivity contribution is -0.00277. The standard InChI is InChI=1S/C66H59N/c1-40-31-48(44-21-25-47(26-22-44)63-49-34-42-33-43(36-49)37-50(63)35-42)32-41(2)64(40)67(51-27-29-55-53-15-7-11-19-59(53)65(3,4)61(55)38-51)52-28-30-56-54-16-8-12-20-60(54)66(62(56)39-52)57-17-9-5-13-45(57)23-24-46-14-6-10-18-58(46)66/h5-22,25-32,38-39,42-43,49-50,63H,23-24,33-37H2,1-4H3. The van der Waals surface area contributed by atoms with E-state index in [2.05, 4.69) is 202 Å². The van der Waals surface area contributed by atoms with Crippen LogP contribution in [0, 0.1) is 37.5 Å². The molecule has 0 heterocycles. The lowest BCUT2D eigenvalue weighted by Crippen LogP contribution is -2.43. The lowest BCUT2D eigenvalue weighted by Gasteiger charge is -2.54. The summed E-state index contributed by atoms with van der Waals surface area (Å²) in [7, 11) is 0. The fourth-order valence-electron chi connectivity index (χ4n) is 15.7. The molecule has 0 atom stereocenters. The minimum absolute atomic E-state index is 0.123. The van der Waals surface area contributed by atoms with Gasteiger partial charge in [-0.3, -0.25) is 0 Å². The highest BCUT2D eigenvalue weighted by Gasteiger charge is 2.50. The van der Waals surface area contributed by atoms with Crippen molar-refractivity contribution in [2.24, 2.45) is 23.7 Å². The topological polar surface area (TPSA) is 3.24 Å². The molecule has 1 nitrogen and oxygen atoms in total. The summed E-state index contributed by atoms with van der Waals surface area (Å²) in [6.45, 7) is 9.50. The normalized spacial score (nSPS) is 22.6. The molecule has 8 aromatic carbocycles. The van der Waals surface area contributed by atoms with E-state index in [9.17, 15) is 0 Å². The van der Waals surface area contributed by atoms with Crippen molar-refractivity contribution in [3.8, 4) is 33.4 Å². The largest absolute Gasteiger partial charge is 0.310 e. The monoisotopic (exact) mass is 865 g/mol. The summed E-state index contributed by atoms with van der Waals surface area (Å²) >= 11 is 0. The summed E-state index contributed by atoms with van der Waals surface area (Å²) in [6, 6.07) is 66.4. The number of fused-ring (bicyclic) bond motifs is 12. The summed E-state index contributed by atoms with van der Waals surface area (Å²) in [5.41, 5.74) is 26.5. The lowest BCUT2D eigenvalue weighted by atomic mass is 9.51. The first kappa shape index (κ1) is 39.7. The number of rotatable bonds is 5. The van der Waals surface area contributed by atoms with Crippen molar-refractivity contribution in [3.05, 3.63) is 231 Å². The van der Waals surface area contributed by atoms with Gasteiger partial charge in [0.2, 0.25) is 0 Å². The molecular weight excluding hydrogens is 807 g/mol. The van der Waals surface area contributed by atoms with E-state index >= 15 is 0 Å². The van der Waals surface area contributed by atoms with Gasteiger partial charge in [-0.25, -0.2) is 0 Å². The second-order valence-electron chi connectivity index (χ2n) is 22.1. The first-order chi connectivity index (χ1) is 32.8. The Morgan fingerprint density at radius 3 is 1.49 bits per heavy atom. The third-order valence-corrected chi connectivity index (χ3v) is 18.2. The zero-order valence-corrected chi connectivity index (χ0v) is 39.4. The molecule has 4 saturated carbocycles. The average molecular weight is 866 g/mol. The minimum atomic E-state index is -0.449. The molecule has 7 aliphatic carbocycles. The third-order valence-electron chi connectivity index (χ3n) is 18.2. The Balaban J connectivity index is 0.947. The quantitative estimate of drug-likeness (QED) is 0.167. The fraction of sp³-hybridized carbons (Fsp3) is 0.273. The second kappa shape index (κ2) is 14.5. The number of nitrogens with zero attached hydrogens (tertiary/aromatic N) is 1. The van der Waals surface area contributed by atoms with Crippen LogP contribution < -0.4 is 4.90 Å². The van der Waals surface area contributed by atoms with E-state index in [0.29, 0.717) is 0 Å². The molecule has 8 aromatic rings. The predicted molar refractivity (Wildman–Crippen MR) is 278 cm³/mol. The Morgan fingerprint density at radius 1 is 0.418 bits per heavy atom. The van der Waals surface area contributed by atoms with Crippen LogP contribution in [-0.4, -0.2) is 0 Å². The number of benzene rings is 8. The van der Waals surface area contributed by atoms with Crippen LogP contribution in [0.5, 0.6) is 0 Å². The van der Waals surface area contributed by atoms with Gasteiger partial charge in [-0.05, 0) is 219 Å². The zero-order valence-electron chi connectivity index (χ0n) is 39.4. The summed E-state index contributed by atoms with van der Waals surface area (Å²) in [5.74, 6) is 4.55. The highest BCUT2D eigenvalue weighted by molar-refractivity contribution is 5.92. The molecule has 0 radical (unpaired) electrons. The molecule has 0 aromatic heterocycles. The maximum atomic E-state index is 2.61. The Bertz CT molecular complexity index is 3230. The molecule has 0 N–H and O–H groups in total. The van der Waals surface area contributed by atoms with E-state index in [1.54, 1.807) is 5.56 Å². The van der Waals surface area contributed by atoms with Crippen LogP contribution in [-0.2, 0) is 23.7 Å². The molecule has 0 saturated heterocycles. The van der Waals surface area contributed by atoms with Gasteiger partial charge < -0.3 is 4.90 Å². The number of anilines is 3. The van der Waals surface area contributed by atoms with Crippen molar-refractivity contribution in [2.75, 3.05) is 4.90 Å². The fourth-order valence-corrected chi connectivity index (χ4v) is 15.7. The molecule has 4 bridgehead atoms. The molecule has 1 heteroatoms. The van der Waals surface area contributed by atoms with Crippen molar-refractivity contribution < 1.29 is 0 Å². The predicted octanol–water partition coefficient (Wildman–Crippen LogP) is 16.7. The van der Waals surface area contributed by atoms with Gasteiger partial charge in [0.25, 0.3) is 0 Å². The van der Waals surface area contributed by atoms with Crippen molar-refractivity contribution in [2.45, 2.75) is 89.4 Å². The van der Waals surface area contributed by atoms with Gasteiger partial charge in [0.05, 0.1) is 11.1 Å². The van der Waals surface area contributed by atoms with Gasteiger partial charge in [-0.1, -0.05) is 147 Å². The summed E-state index contributed by atoms with van der Waals surface area (Å²) in [5, 5.41) is 0. The molecule has 0 aliphatic heterocycles. The maximum Gasteiger partial charge on any atom is 0.0719 e. The first-order valence-corrected chi connectivity index (χ1v) is 25.4. The molecule has 67 heavy (non-hydrogen) atoms. The molecule has 1 spiro atoms. The summed E-state index contributed by atoms with van der Waals surface area (Å²) in [4.78, 5) is 2.61. The summed E-state index contributed by atoms with van der Waals surface area (Å²) in [6.07, 6.45) is 9.41. The van der Waals surface area contributed by atoms with E-state index < -0.39 is 5.41 Å². The van der Waals surface area contributed by atoms with Crippen molar-refractivity contribution in [1.82, 2.24) is 0 Å². The van der Waals surface area contributed by atoms with Crippen LogP contribution in [0.4, 0.5) is 17.1 Å². The van der Waals surface area contributed by atoms with Crippen LogP contribution in [0.3, 0.4) is 0 Å². The molecule has 7 aliphatic rings. The van der Waals surface area contributed by atoms with Crippen LogP contribution in [0.15, 0.2) is 170 Å². The van der Waals surface area contributed by atoms with E-state index in [1.807, 2.05) is 0 Å². The number of hydrogen-bond donors (Lipinski definition) is 0. The molecule has 15 rings (SSSR count). The molecule has 0 unspecified atom stereocenters. The van der Waals surface area contributed by atoms with Crippen LogP contribution >= 0.6 is 0 Å². The molecule has 0 amide bonds. The van der Waals surface area contributed by atoms with Gasteiger partial charge in [0.1, 0.15) is 0 Å². The van der Waals surface area contributed by atoms with E-state index in [0.717, 1.165) is 42.4 Å². The number of hydrogen-bond acceptors (Lipinski definition) is 1. The second-order valence-corrected chi connectivity index (χ2v) is 22.1. The Morgan fingerprint density at radius 2 is 0.896 bits per heavy atom.